The van der Waals surface area contributed by atoms with E-state index in [4.69, 9.17) is 17.5 Å². The number of hydrogen-bond acceptors (Lipinski definition) is 10. The van der Waals surface area contributed by atoms with E-state index in [1.807, 2.05) is 11.3 Å². The lowest BCUT2D eigenvalue weighted by Crippen LogP contribution is -2.27. The van der Waals surface area contributed by atoms with Crippen LogP contribution < -0.4 is 0 Å². The molecule has 0 saturated carbocycles. The first kappa shape index (κ1) is 66.1. The van der Waals surface area contributed by atoms with Crippen LogP contribution in [0.1, 0.15) is 317 Å². The van der Waals surface area contributed by atoms with Crippen molar-refractivity contribution in [3.63, 3.8) is 0 Å². The molecule has 0 atom stereocenters. The van der Waals surface area contributed by atoms with Gasteiger partial charge in [-0.3, -0.25) is 0 Å². The largest absolute Gasteiger partial charge is 0.173 e. The summed E-state index contributed by atoms with van der Waals surface area (Å²) in [7, 11) is 0. The van der Waals surface area contributed by atoms with E-state index in [-0.39, 0.29) is 10.8 Å². The Bertz CT molecular complexity index is 3280. The molecule has 3 aliphatic rings. The van der Waals surface area contributed by atoms with Crippen molar-refractivity contribution >= 4 is 97.3 Å². The standard InChI is InChI=1S/C76H106N4S6/c1-9-15-21-27-31-35-41-75(42-36-32-28-22-16-10-2)60-50-56-61(49-55(60)66-62(75)47-53(7)68-70(66)79-85-77-68)76(43-37-33-29-23-17-11-3,44-38-34-30-24-18-12-4)63-51-57(69-71(67(56)63)80-86-78-69)64-52-59-65(58-48-54(8)83-72(58)73(59)84-64)74(81-45-39-25-19-13-5)82-46-40-26-20-14-6/h47-52H,9-46H2,1-8H3. The highest BCUT2D eigenvalue weighted by Gasteiger charge is 2.50. The van der Waals surface area contributed by atoms with Gasteiger partial charge in [0.25, 0.3) is 0 Å². The molecule has 466 valence electrons. The Morgan fingerprint density at radius 2 is 0.733 bits per heavy atom. The number of thioether (sulfide) groups is 2. The van der Waals surface area contributed by atoms with Crippen LogP contribution in [0.3, 0.4) is 0 Å². The lowest BCUT2D eigenvalue weighted by molar-refractivity contribution is 0.394. The fourth-order valence-corrected chi connectivity index (χ4v) is 21.6. The van der Waals surface area contributed by atoms with Crippen LogP contribution in [-0.2, 0) is 10.8 Å². The fraction of sp³-hybridized carbons (Fsp3) is 0.632. The predicted molar refractivity (Wildman–Crippen MR) is 388 cm³/mol. The van der Waals surface area contributed by atoms with Gasteiger partial charge in [-0.15, -0.1) is 46.2 Å². The zero-order valence-corrected chi connectivity index (χ0v) is 59.5. The average Bonchev–Trinajstić information content (AvgIpc) is 1.54. The normalized spacial score (nSPS) is 14.2. The zero-order chi connectivity index (χ0) is 59.9. The molecule has 0 bridgehead atoms. The summed E-state index contributed by atoms with van der Waals surface area (Å²) >= 11 is 11.3. The van der Waals surface area contributed by atoms with Crippen molar-refractivity contribution < 1.29 is 0 Å². The molecule has 0 saturated heterocycles. The summed E-state index contributed by atoms with van der Waals surface area (Å²) in [5.74, 6) is 2.39. The molecule has 0 aliphatic heterocycles. The van der Waals surface area contributed by atoms with Crippen LogP contribution in [0.5, 0.6) is 0 Å². The van der Waals surface area contributed by atoms with E-state index >= 15 is 0 Å². The summed E-state index contributed by atoms with van der Waals surface area (Å²) < 4.78 is 22.9. The number of aromatic nitrogens is 4. The summed E-state index contributed by atoms with van der Waals surface area (Å²) in [5, 5.41) is 0. The fourth-order valence-electron chi connectivity index (χ4n) is 15.5. The highest BCUT2D eigenvalue weighted by Crippen LogP contribution is 2.64. The van der Waals surface area contributed by atoms with Crippen LogP contribution >= 0.6 is 69.7 Å². The molecule has 0 unspecified atom stereocenters. The Labute approximate surface area is 546 Å². The molecule has 0 fully saturated rings. The molecule has 0 amide bonds. The second-order valence-electron chi connectivity index (χ2n) is 26.5. The van der Waals surface area contributed by atoms with Crippen molar-refractivity contribution in [1.29, 1.82) is 0 Å². The van der Waals surface area contributed by atoms with Gasteiger partial charge in [0.2, 0.25) is 0 Å². The van der Waals surface area contributed by atoms with Gasteiger partial charge < -0.3 is 0 Å². The number of fused-ring (bicyclic) bond motifs is 13. The number of benzene rings is 3. The minimum atomic E-state index is -0.144. The van der Waals surface area contributed by atoms with Crippen molar-refractivity contribution in [3.05, 3.63) is 84.5 Å². The van der Waals surface area contributed by atoms with Gasteiger partial charge in [-0.05, 0) is 133 Å². The lowest BCUT2D eigenvalue weighted by Gasteiger charge is -2.35. The van der Waals surface area contributed by atoms with Crippen molar-refractivity contribution in [1.82, 2.24) is 17.5 Å². The Morgan fingerprint density at radius 3 is 1.21 bits per heavy atom. The number of thiophene rings is 2. The van der Waals surface area contributed by atoms with E-state index in [9.17, 15) is 0 Å². The Kier molecular flexibility index (Phi) is 24.9. The van der Waals surface area contributed by atoms with Crippen LogP contribution in [0, 0.1) is 13.8 Å². The Morgan fingerprint density at radius 1 is 0.360 bits per heavy atom. The first-order chi connectivity index (χ1) is 42.3. The third-order valence-corrected chi connectivity index (χ3v) is 26.2. The lowest BCUT2D eigenvalue weighted by atomic mass is 9.68. The van der Waals surface area contributed by atoms with Gasteiger partial charge in [-0.2, -0.15) is 17.5 Å². The van der Waals surface area contributed by atoms with Gasteiger partial charge in [0.15, 0.2) is 0 Å². The van der Waals surface area contributed by atoms with Crippen molar-refractivity contribution in [2.45, 2.75) is 297 Å². The van der Waals surface area contributed by atoms with Crippen molar-refractivity contribution in [2.24, 2.45) is 0 Å². The molecule has 4 nitrogen and oxygen atoms in total. The van der Waals surface area contributed by atoms with Crippen molar-refractivity contribution in [3.8, 4) is 42.4 Å². The molecule has 0 radical (unpaired) electrons. The summed E-state index contributed by atoms with van der Waals surface area (Å²) in [6.07, 6.45) is 46.5. The van der Waals surface area contributed by atoms with Gasteiger partial charge >= 0.3 is 0 Å². The van der Waals surface area contributed by atoms with Crippen LogP contribution in [0.25, 0.3) is 70.1 Å². The maximum absolute atomic E-state index is 5.55. The highest BCUT2D eigenvalue weighted by molar-refractivity contribution is 8.22. The van der Waals surface area contributed by atoms with Crippen LogP contribution in [0.15, 0.2) is 40.6 Å². The second-order valence-corrected chi connectivity index (χ2v) is 32.3. The third kappa shape index (κ3) is 14.3. The quantitative estimate of drug-likeness (QED) is 0.0356. The molecule has 3 aliphatic carbocycles. The highest BCUT2D eigenvalue weighted by atomic mass is 32.2. The van der Waals surface area contributed by atoms with Gasteiger partial charge in [-0.25, -0.2) is 0 Å². The third-order valence-electron chi connectivity index (χ3n) is 20.1. The predicted octanol–water partition coefficient (Wildman–Crippen LogP) is 27.0. The molecule has 10 rings (SSSR count). The SMILES string of the molecule is CCCCCCCCC1(CCCCCCCC)c2cc3c(cc2-c2c1cc(C)c1nsnc21)C(CCCCCCCC)(CCCCCCCC)c1cc(-c2cc4c(s2)-c2sc(C)cc2C4=C(SCCCCCC)SCCCCCC)c2nsnc2c1-3. The Hall–Kier alpha value is -2.86. The van der Waals surface area contributed by atoms with E-state index in [1.165, 1.54) is 336 Å². The van der Waals surface area contributed by atoms with E-state index in [2.05, 4.69) is 127 Å². The molecule has 0 N–H and O–H groups in total. The molecule has 86 heavy (non-hydrogen) atoms. The van der Waals surface area contributed by atoms with E-state index in [1.54, 1.807) is 26.5 Å². The minimum absolute atomic E-state index is 0.0800. The maximum Gasteiger partial charge on any atom is 0.114 e. The van der Waals surface area contributed by atoms with Crippen LogP contribution in [0.4, 0.5) is 0 Å². The summed E-state index contributed by atoms with van der Waals surface area (Å²) in [6, 6.07) is 16.2. The first-order valence-electron chi connectivity index (χ1n) is 35.3. The van der Waals surface area contributed by atoms with Gasteiger partial charge in [0, 0.05) is 58.2 Å². The molecule has 0 spiro atoms. The van der Waals surface area contributed by atoms with Crippen molar-refractivity contribution in [2.75, 3.05) is 11.5 Å². The summed E-state index contributed by atoms with van der Waals surface area (Å²) in [6.45, 7) is 18.7. The summed E-state index contributed by atoms with van der Waals surface area (Å²) in [4.78, 5) is 5.75. The number of nitrogens with zero attached hydrogens (tertiary/aromatic N) is 4. The second kappa shape index (κ2) is 32.4. The van der Waals surface area contributed by atoms with E-state index in [0.717, 1.165) is 22.1 Å². The van der Waals surface area contributed by atoms with Crippen LogP contribution in [0.2, 0.25) is 0 Å². The molecule has 10 heteroatoms. The number of hydrogen-bond donors (Lipinski definition) is 0. The summed E-state index contributed by atoms with van der Waals surface area (Å²) in [5.41, 5.74) is 23.4. The van der Waals surface area contributed by atoms with Gasteiger partial charge in [0.05, 0.1) is 33.2 Å². The molecule has 4 heterocycles. The number of aryl methyl sites for hydroxylation is 2. The maximum atomic E-state index is 5.55. The average molecular weight is 1270 g/mol. The molecule has 3 aromatic carbocycles. The molecular formula is C76H106N4S6. The Balaban J connectivity index is 1.17. The minimum Gasteiger partial charge on any atom is -0.173 e. The van der Waals surface area contributed by atoms with Gasteiger partial charge in [-0.1, -0.05) is 240 Å². The van der Waals surface area contributed by atoms with Gasteiger partial charge in [0.1, 0.15) is 22.1 Å². The van der Waals surface area contributed by atoms with E-state index in [0.29, 0.717) is 0 Å². The molecule has 4 aromatic heterocycles. The first-order valence-corrected chi connectivity index (χ1v) is 40.4. The monoisotopic (exact) mass is 1270 g/mol. The topological polar surface area (TPSA) is 51.6 Å². The van der Waals surface area contributed by atoms with E-state index < -0.39 is 0 Å². The molecule has 7 aromatic rings. The smallest absolute Gasteiger partial charge is 0.114 e. The number of unbranched alkanes of at least 4 members (excludes halogenated alkanes) is 26. The van der Waals surface area contributed by atoms with Crippen LogP contribution in [-0.4, -0.2) is 29.0 Å². The number of rotatable bonds is 41. The zero-order valence-electron chi connectivity index (χ0n) is 54.6. The molecular weight excluding hydrogens is 1160 g/mol.